The molecule has 0 spiro atoms. The van der Waals surface area contributed by atoms with Gasteiger partial charge in [0, 0.05) is 23.9 Å². The average Bonchev–Trinajstić information content (AvgIpc) is 2.95. The van der Waals surface area contributed by atoms with Gasteiger partial charge in [0.2, 0.25) is 0 Å². The van der Waals surface area contributed by atoms with Crippen LogP contribution in [0, 0.1) is 0 Å². The molecule has 1 aliphatic heterocycles. The fourth-order valence-electron chi connectivity index (χ4n) is 2.28. The highest BCUT2D eigenvalue weighted by atomic mass is 32.2. The summed E-state index contributed by atoms with van der Waals surface area (Å²) in [6.45, 7) is 0. The van der Waals surface area contributed by atoms with E-state index in [0.29, 0.717) is 0 Å². The quantitative estimate of drug-likeness (QED) is 0.698. The summed E-state index contributed by atoms with van der Waals surface area (Å²) in [5, 5.41) is 0. The summed E-state index contributed by atoms with van der Waals surface area (Å²) in [4.78, 5) is 9.34. The first kappa shape index (κ1) is 13.0. The first-order chi connectivity index (χ1) is 10.4. The maximum atomic E-state index is 4.72. The van der Waals surface area contributed by atoms with Gasteiger partial charge in [0.25, 0.3) is 0 Å². The molecule has 0 aliphatic carbocycles. The third kappa shape index (κ3) is 2.71. The molecule has 0 radical (unpaired) electrons. The van der Waals surface area contributed by atoms with Crippen molar-refractivity contribution < 1.29 is 0 Å². The number of rotatable bonds is 2. The van der Waals surface area contributed by atoms with Crippen LogP contribution in [-0.2, 0) is 11.5 Å². The zero-order chi connectivity index (χ0) is 14.1. The monoisotopic (exact) mass is 311 g/mol. The number of para-hydroxylation sites is 1. The molecule has 3 heterocycles. The van der Waals surface area contributed by atoms with Gasteiger partial charge in [-0.25, -0.2) is 9.98 Å². The molecule has 104 valence electrons. The average molecular weight is 311 g/mol. The molecule has 0 unspecified atom stereocenters. The van der Waals surface area contributed by atoms with Gasteiger partial charge >= 0.3 is 0 Å². The lowest BCUT2D eigenvalue weighted by Gasteiger charge is -2.13. The first-order valence-corrected chi connectivity index (χ1v) is 8.70. The van der Waals surface area contributed by atoms with E-state index in [1.807, 2.05) is 42.2 Å². The third-order valence-electron chi connectivity index (χ3n) is 3.31. The lowest BCUT2D eigenvalue weighted by atomic mass is 10.2. The van der Waals surface area contributed by atoms with Gasteiger partial charge in [0.1, 0.15) is 10.0 Å². The zero-order valence-electron chi connectivity index (χ0n) is 11.3. The summed E-state index contributed by atoms with van der Waals surface area (Å²) in [6, 6.07) is 14.4. The van der Waals surface area contributed by atoms with E-state index in [0.717, 1.165) is 32.9 Å². The normalized spacial score (nSPS) is 14.0. The fraction of sp³-hybridized carbons (Fsp3) is 0.125. The van der Waals surface area contributed by atoms with Gasteiger partial charge in [0.15, 0.2) is 0 Å². The van der Waals surface area contributed by atoms with Gasteiger partial charge in [-0.3, -0.25) is 0 Å². The van der Waals surface area contributed by atoms with Crippen molar-refractivity contribution in [2.75, 3.05) is 0 Å². The van der Waals surface area contributed by atoms with Crippen LogP contribution in [0.2, 0.25) is 0 Å². The molecule has 0 N–H and O–H groups in total. The van der Waals surface area contributed by atoms with Crippen molar-refractivity contribution in [2.24, 2.45) is 4.99 Å². The predicted molar refractivity (Wildman–Crippen MR) is 91.3 cm³/mol. The van der Waals surface area contributed by atoms with E-state index >= 15 is 0 Å². The number of aromatic nitrogens is 2. The van der Waals surface area contributed by atoms with Gasteiger partial charge < -0.3 is 4.40 Å². The number of imidazole rings is 1. The van der Waals surface area contributed by atoms with Crippen LogP contribution < -0.4 is 0 Å². The van der Waals surface area contributed by atoms with Gasteiger partial charge in [-0.2, -0.15) is 0 Å². The van der Waals surface area contributed by atoms with Crippen molar-refractivity contribution >= 4 is 39.2 Å². The molecule has 1 aromatic carbocycles. The Morgan fingerprint density at radius 3 is 3.00 bits per heavy atom. The molecule has 0 saturated carbocycles. The Morgan fingerprint density at radius 1 is 1.14 bits per heavy atom. The third-order valence-corrected chi connectivity index (χ3v) is 5.59. The summed E-state index contributed by atoms with van der Waals surface area (Å²) < 4.78 is 3.19. The standard InChI is InChI=1S/C16H13N3S2/c1-2-6-14-12(5-1)10-20-16(18-14)21-11-13-9-19-8-4-3-7-15(19)17-13/h1-9H,10-11H2. The molecule has 0 atom stereocenters. The number of hydrogen-bond donors (Lipinski definition) is 0. The molecule has 3 nitrogen and oxygen atoms in total. The first-order valence-electron chi connectivity index (χ1n) is 6.73. The van der Waals surface area contributed by atoms with E-state index in [2.05, 4.69) is 33.8 Å². The summed E-state index contributed by atoms with van der Waals surface area (Å²) in [5.74, 6) is 1.86. The van der Waals surface area contributed by atoms with Crippen LogP contribution in [0.3, 0.4) is 0 Å². The lowest BCUT2D eigenvalue weighted by molar-refractivity contribution is 1.18. The van der Waals surface area contributed by atoms with Crippen molar-refractivity contribution in [3.63, 3.8) is 0 Å². The highest BCUT2D eigenvalue weighted by Crippen LogP contribution is 2.35. The Kier molecular flexibility index (Phi) is 3.45. The minimum atomic E-state index is 0.857. The van der Waals surface area contributed by atoms with Gasteiger partial charge in [-0.15, -0.1) is 0 Å². The van der Waals surface area contributed by atoms with Crippen LogP contribution in [0.25, 0.3) is 5.65 Å². The fourth-order valence-corrected chi connectivity index (χ4v) is 4.22. The number of pyridine rings is 1. The van der Waals surface area contributed by atoms with Crippen molar-refractivity contribution in [1.29, 1.82) is 0 Å². The van der Waals surface area contributed by atoms with Crippen molar-refractivity contribution in [3.05, 3.63) is 66.1 Å². The minimum absolute atomic E-state index is 0.857. The van der Waals surface area contributed by atoms with E-state index < -0.39 is 0 Å². The Hall–Kier alpha value is -1.72. The maximum Gasteiger partial charge on any atom is 0.137 e. The summed E-state index contributed by atoms with van der Waals surface area (Å²) in [5.41, 5.74) is 4.51. The molecule has 5 heteroatoms. The van der Waals surface area contributed by atoms with Crippen LogP contribution in [-0.4, -0.2) is 13.8 Å². The molecule has 0 amide bonds. The van der Waals surface area contributed by atoms with Crippen LogP contribution >= 0.6 is 23.5 Å². The zero-order valence-corrected chi connectivity index (χ0v) is 12.9. The molecular formula is C16H13N3S2. The smallest absolute Gasteiger partial charge is 0.137 e. The number of fused-ring (bicyclic) bond motifs is 2. The molecule has 0 fully saturated rings. The number of thioether (sulfide) groups is 2. The Balaban J connectivity index is 1.51. The molecular weight excluding hydrogens is 298 g/mol. The predicted octanol–water partition coefficient (Wildman–Crippen LogP) is 4.50. The molecule has 4 rings (SSSR count). The van der Waals surface area contributed by atoms with Crippen LogP contribution in [0.1, 0.15) is 11.3 Å². The van der Waals surface area contributed by atoms with Gasteiger partial charge in [0.05, 0.1) is 11.4 Å². The largest absolute Gasteiger partial charge is 0.307 e. The minimum Gasteiger partial charge on any atom is -0.307 e. The summed E-state index contributed by atoms with van der Waals surface area (Å²) >= 11 is 3.58. The van der Waals surface area contributed by atoms with Gasteiger partial charge in [-0.05, 0) is 23.8 Å². The number of hydrogen-bond acceptors (Lipinski definition) is 4. The maximum absolute atomic E-state index is 4.72. The van der Waals surface area contributed by atoms with E-state index in [1.165, 1.54) is 5.56 Å². The van der Waals surface area contributed by atoms with Gasteiger partial charge in [-0.1, -0.05) is 47.8 Å². The van der Waals surface area contributed by atoms with E-state index in [4.69, 9.17) is 4.99 Å². The highest BCUT2D eigenvalue weighted by molar-refractivity contribution is 8.38. The summed E-state index contributed by atoms with van der Waals surface area (Å²) in [7, 11) is 0. The Labute approximate surface area is 131 Å². The number of nitrogens with zero attached hydrogens (tertiary/aromatic N) is 3. The second kappa shape index (κ2) is 5.58. The second-order valence-corrected chi connectivity index (χ2v) is 6.97. The molecule has 0 saturated heterocycles. The van der Waals surface area contributed by atoms with Crippen LogP contribution in [0.15, 0.2) is 59.9 Å². The SMILES string of the molecule is c1ccc2c(c1)CSC(SCc1cn3ccccc3n1)=N2. The van der Waals surface area contributed by atoms with Crippen LogP contribution in [0.5, 0.6) is 0 Å². The molecule has 2 aromatic heterocycles. The molecule has 21 heavy (non-hydrogen) atoms. The van der Waals surface area contributed by atoms with E-state index in [-0.39, 0.29) is 0 Å². The highest BCUT2D eigenvalue weighted by Gasteiger charge is 2.13. The van der Waals surface area contributed by atoms with Crippen molar-refractivity contribution in [2.45, 2.75) is 11.5 Å². The topological polar surface area (TPSA) is 29.7 Å². The van der Waals surface area contributed by atoms with Crippen molar-refractivity contribution in [3.8, 4) is 0 Å². The second-order valence-electron chi connectivity index (χ2n) is 4.78. The molecule has 3 aromatic rings. The number of benzene rings is 1. The Morgan fingerprint density at radius 2 is 2.05 bits per heavy atom. The molecule has 0 bridgehead atoms. The lowest BCUT2D eigenvalue weighted by Crippen LogP contribution is -1.96. The van der Waals surface area contributed by atoms with Crippen LogP contribution in [0.4, 0.5) is 5.69 Å². The Bertz CT molecular complexity index is 790. The molecule has 1 aliphatic rings. The van der Waals surface area contributed by atoms with E-state index in [9.17, 15) is 0 Å². The van der Waals surface area contributed by atoms with E-state index in [1.54, 1.807) is 11.8 Å². The number of aliphatic imine (C=N–C) groups is 1. The summed E-state index contributed by atoms with van der Waals surface area (Å²) in [6.07, 6.45) is 4.12. The van der Waals surface area contributed by atoms with Crippen molar-refractivity contribution in [1.82, 2.24) is 9.38 Å².